The molecule has 0 radical (unpaired) electrons. The predicted molar refractivity (Wildman–Crippen MR) is 104 cm³/mol. The number of carbonyl (C=O) groups is 3. The number of hydrogen-bond donors (Lipinski definition) is 3. The Morgan fingerprint density at radius 2 is 1.93 bits per heavy atom. The summed E-state index contributed by atoms with van der Waals surface area (Å²) >= 11 is 6.27. The predicted octanol–water partition coefficient (Wildman–Crippen LogP) is 1.55. The minimum absolute atomic E-state index is 0.276. The molecule has 3 aliphatic heterocycles. The summed E-state index contributed by atoms with van der Waals surface area (Å²) in [6.07, 6.45) is -0.303. The van der Waals surface area contributed by atoms with Gasteiger partial charge in [-0.2, -0.15) is 0 Å². The number of aryl methyl sites for hydroxylation is 1. The second-order valence-electron chi connectivity index (χ2n) is 8.13. The zero-order valence-corrected chi connectivity index (χ0v) is 17.0. The number of hydrogen-bond acceptors (Lipinski definition) is 5. The molecule has 2 saturated heterocycles. The molecule has 7 nitrogen and oxygen atoms in total. The number of likely N-dealkylation sites (tertiary alicyclic amines) is 1. The van der Waals surface area contributed by atoms with Crippen LogP contribution in [0.2, 0.25) is 5.02 Å². The molecule has 4 rings (SSSR count). The third-order valence-electron chi connectivity index (χ3n) is 6.51. The molecular formula is C20H24ClN3O4. The van der Waals surface area contributed by atoms with Crippen LogP contribution in [0.25, 0.3) is 0 Å². The minimum Gasteiger partial charge on any atom is -0.392 e. The van der Waals surface area contributed by atoms with E-state index in [9.17, 15) is 19.5 Å². The van der Waals surface area contributed by atoms with Crippen molar-refractivity contribution < 1.29 is 19.5 Å². The van der Waals surface area contributed by atoms with Gasteiger partial charge in [0.2, 0.25) is 17.7 Å². The Bertz CT molecular complexity index is 902. The molecule has 28 heavy (non-hydrogen) atoms. The number of aliphatic hydroxyl groups is 1. The standard InChI is InChI=1S/C20H24ClN3O4/c1-5-9(3)24-17(26)13-14(18(24)27)20(23-16(13)10(4)25)12-7-11(21)6-8(2)15(12)22-19(20)28/h6-7,9-10,13-14,16,23,25H,5H2,1-4H3,(H,22,28)/t9-,10-,13-,14+,16-,20+/m0/s1. The summed E-state index contributed by atoms with van der Waals surface area (Å²) in [7, 11) is 0. The van der Waals surface area contributed by atoms with Gasteiger partial charge in [0.15, 0.2) is 0 Å². The molecule has 1 aromatic carbocycles. The highest BCUT2D eigenvalue weighted by atomic mass is 35.5. The highest BCUT2D eigenvalue weighted by molar-refractivity contribution is 6.31. The van der Waals surface area contributed by atoms with Gasteiger partial charge in [0, 0.05) is 28.4 Å². The van der Waals surface area contributed by atoms with Crippen molar-refractivity contribution in [3.63, 3.8) is 0 Å². The van der Waals surface area contributed by atoms with Crippen molar-refractivity contribution in [3.05, 3.63) is 28.3 Å². The number of imide groups is 1. The van der Waals surface area contributed by atoms with E-state index in [-0.39, 0.29) is 17.9 Å². The van der Waals surface area contributed by atoms with E-state index in [1.165, 1.54) is 4.90 Å². The molecule has 6 atom stereocenters. The highest BCUT2D eigenvalue weighted by Crippen LogP contribution is 2.54. The van der Waals surface area contributed by atoms with Crippen molar-refractivity contribution in [2.75, 3.05) is 5.32 Å². The minimum atomic E-state index is -1.42. The van der Waals surface area contributed by atoms with E-state index < -0.39 is 35.4 Å². The van der Waals surface area contributed by atoms with E-state index in [4.69, 9.17) is 11.6 Å². The molecule has 2 fully saturated rings. The Hall–Kier alpha value is -1.96. The first-order valence-corrected chi connectivity index (χ1v) is 9.97. The second kappa shape index (κ2) is 6.27. The second-order valence-corrected chi connectivity index (χ2v) is 8.56. The van der Waals surface area contributed by atoms with Gasteiger partial charge in [-0.25, -0.2) is 0 Å². The van der Waals surface area contributed by atoms with Crippen molar-refractivity contribution in [2.45, 2.75) is 57.8 Å². The number of amides is 3. The van der Waals surface area contributed by atoms with E-state index in [2.05, 4.69) is 10.6 Å². The molecule has 0 unspecified atom stereocenters. The van der Waals surface area contributed by atoms with Crippen LogP contribution in [0.4, 0.5) is 5.69 Å². The third kappa shape index (κ3) is 2.27. The molecule has 150 valence electrons. The highest BCUT2D eigenvalue weighted by Gasteiger charge is 2.71. The maximum Gasteiger partial charge on any atom is 0.250 e. The van der Waals surface area contributed by atoms with Crippen LogP contribution in [0.3, 0.4) is 0 Å². The average molecular weight is 406 g/mol. The number of benzene rings is 1. The van der Waals surface area contributed by atoms with Gasteiger partial charge < -0.3 is 10.4 Å². The lowest BCUT2D eigenvalue weighted by atomic mass is 9.76. The number of nitrogens with one attached hydrogen (secondary N) is 2. The largest absolute Gasteiger partial charge is 0.392 e. The fourth-order valence-electron chi connectivity index (χ4n) is 5.02. The summed E-state index contributed by atoms with van der Waals surface area (Å²) in [5.74, 6) is -2.83. The van der Waals surface area contributed by atoms with Crippen molar-refractivity contribution in [1.29, 1.82) is 0 Å². The number of halogens is 1. The maximum absolute atomic E-state index is 13.4. The van der Waals surface area contributed by atoms with Crippen LogP contribution in [0.1, 0.15) is 38.3 Å². The van der Waals surface area contributed by atoms with Gasteiger partial charge in [-0.3, -0.25) is 24.6 Å². The zero-order chi connectivity index (χ0) is 20.5. The fraction of sp³-hybridized carbons (Fsp3) is 0.550. The topological polar surface area (TPSA) is 98.7 Å². The fourth-order valence-corrected chi connectivity index (χ4v) is 5.29. The molecule has 3 aliphatic rings. The monoisotopic (exact) mass is 405 g/mol. The SMILES string of the molecule is CC[C@H](C)N1C(=O)[C@@H]2[C@H]([C@H](C)O)N[C@@]3(C(=O)Nc4c(C)cc(Cl)cc43)[C@H]2C1=O. The van der Waals surface area contributed by atoms with Crippen molar-refractivity contribution in [2.24, 2.45) is 11.8 Å². The molecule has 1 spiro atoms. The Balaban J connectivity index is 1.94. The summed E-state index contributed by atoms with van der Waals surface area (Å²) in [5, 5.41) is 16.9. The van der Waals surface area contributed by atoms with Crippen molar-refractivity contribution in [1.82, 2.24) is 10.2 Å². The summed E-state index contributed by atoms with van der Waals surface area (Å²) in [4.78, 5) is 41.1. The summed E-state index contributed by atoms with van der Waals surface area (Å²) in [6.45, 7) is 7.11. The molecule has 0 saturated carbocycles. The number of rotatable bonds is 3. The maximum atomic E-state index is 13.4. The molecule has 0 aromatic heterocycles. The molecule has 3 heterocycles. The van der Waals surface area contributed by atoms with Crippen LogP contribution in [0.5, 0.6) is 0 Å². The third-order valence-corrected chi connectivity index (χ3v) is 6.72. The lowest BCUT2D eigenvalue weighted by Crippen LogP contribution is -2.55. The van der Waals surface area contributed by atoms with Crippen LogP contribution in [-0.4, -0.2) is 45.9 Å². The molecule has 3 N–H and O–H groups in total. The molecule has 0 bridgehead atoms. The smallest absolute Gasteiger partial charge is 0.250 e. The molecule has 0 aliphatic carbocycles. The summed E-state index contributed by atoms with van der Waals surface area (Å²) in [6, 6.07) is 2.42. The van der Waals surface area contributed by atoms with Crippen LogP contribution in [-0.2, 0) is 19.9 Å². The van der Waals surface area contributed by atoms with Crippen LogP contribution >= 0.6 is 11.6 Å². The van der Waals surface area contributed by atoms with E-state index in [1.54, 1.807) is 19.1 Å². The van der Waals surface area contributed by atoms with E-state index >= 15 is 0 Å². The number of nitrogens with zero attached hydrogens (tertiary/aromatic N) is 1. The summed E-state index contributed by atoms with van der Waals surface area (Å²) < 4.78 is 0. The van der Waals surface area contributed by atoms with Crippen LogP contribution in [0, 0.1) is 18.8 Å². The zero-order valence-electron chi connectivity index (χ0n) is 16.2. The quantitative estimate of drug-likeness (QED) is 0.663. The average Bonchev–Trinajstić information content (AvgIpc) is 3.21. The molecule has 1 aromatic rings. The normalized spacial score (nSPS) is 33.3. The van der Waals surface area contributed by atoms with E-state index in [0.29, 0.717) is 22.7 Å². The molecule has 8 heteroatoms. The van der Waals surface area contributed by atoms with Crippen molar-refractivity contribution in [3.8, 4) is 0 Å². The summed E-state index contributed by atoms with van der Waals surface area (Å²) in [5.41, 5.74) is 0.524. The van der Waals surface area contributed by atoms with Gasteiger partial charge in [-0.15, -0.1) is 0 Å². The van der Waals surface area contributed by atoms with E-state index in [0.717, 1.165) is 5.56 Å². The Morgan fingerprint density at radius 1 is 1.25 bits per heavy atom. The Labute approximate surface area is 168 Å². The number of carbonyl (C=O) groups excluding carboxylic acids is 3. The molecular weight excluding hydrogens is 382 g/mol. The first-order chi connectivity index (χ1) is 13.1. The lowest BCUT2D eigenvalue weighted by Gasteiger charge is -2.31. The van der Waals surface area contributed by atoms with Gasteiger partial charge in [-0.1, -0.05) is 18.5 Å². The number of anilines is 1. The van der Waals surface area contributed by atoms with Gasteiger partial charge in [-0.05, 0) is 44.9 Å². The van der Waals surface area contributed by atoms with Crippen molar-refractivity contribution >= 4 is 35.0 Å². The van der Waals surface area contributed by atoms with Crippen LogP contribution < -0.4 is 10.6 Å². The first-order valence-electron chi connectivity index (χ1n) is 9.59. The van der Waals surface area contributed by atoms with Gasteiger partial charge in [0.25, 0.3) is 0 Å². The Morgan fingerprint density at radius 3 is 2.54 bits per heavy atom. The van der Waals surface area contributed by atoms with E-state index in [1.807, 2.05) is 20.8 Å². The van der Waals surface area contributed by atoms with Crippen LogP contribution in [0.15, 0.2) is 12.1 Å². The van der Waals surface area contributed by atoms with Gasteiger partial charge in [0.05, 0.1) is 17.9 Å². The molecule has 3 amide bonds. The van der Waals surface area contributed by atoms with Gasteiger partial charge in [0.1, 0.15) is 5.54 Å². The number of fused-ring (bicyclic) bond motifs is 4. The van der Waals surface area contributed by atoms with Gasteiger partial charge >= 0.3 is 0 Å². The first kappa shape index (κ1) is 19.4. The Kier molecular flexibility index (Phi) is 4.34. The number of aliphatic hydroxyl groups excluding tert-OH is 1. The lowest BCUT2D eigenvalue weighted by molar-refractivity contribution is -0.145.